The fourth-order valence-electron chi connectivity index (χ4n) is 1.56. The average Bonchev–Trinajstić information content (AvgIpc) is 2.35. The smallest absolute Gasteiger partial charge is 0.328 e. The third kappa shape index (κ3) is 4.64. The summed E-state index contributed by atoms with van der Waals surface area (Å²) in [6, 6.07) is -0.597. The zero-order valence-corrected chi connectivity index (χ0v) is 12.1. The number of hydrogen-bond donors (Lipinski definition) is 2. The summed E-state index contributed by atoms with van der Waals surface area (Å²) in [5.41, 5.74) is 4.99. The number of esters is 1. The Hall–Kier alpha value is -1.10. The van der Waals surface area contributed by atoms with Crippen molar-refractivity contribution in [2.75, 3.05) is 13.7 Å². The molecule has 0 aromatic heterocycles. The number of hydrogen-bond acceptors (Lipinski definition) is 4. The van der Waals surface area contributed by atoms with Crippen LogP contribution in [0.2, 0.25) is 0 Å². The van der Waals surface area contributed by atoms with Crippen LogP contribution in [0.4, 0.5) is 0 Å². The van der Waals surface area contributed by atoms with E-state index in [1.54, 1.807) is 6.92 Å². The van der Waals surface area contributed by atoms with Crippen molar-refractivity contribution < 1.29 is 14.3 Å². The molecule has 5 nitrogen and oxygen atoms in total. The molecule has 0 bridgehead atoms. The van der Waals surface area contributed by atoms with Crippen molar-refractivity contribution in [2.24, 2.45) is 17.1 Å². The van der Waals surface area contributed by atoms with Gasteiger partial charge in [-0.3, -0.25) is 4.79 Å². The van der Waals surface area contributed by atoms with Gasteiger partial charge in [0.25, 0.3) is 0 Å². The number of carbonyl (C=O) groups excluding carboxylic acids is 2. The number of carbonyl (C=O) groups is 2. The van der Waals surface area contributed by atoms with Crippen molar-refractivity contribution in [1.29, 1.82) is 0 Å². The van der Waals surface area contributed by atoms with Gasteiger partial charge >= 0.3 is 5.97 Å². The van der Waals surface area contributed by atoms with Crippen LogP contribution in [0.1, 0.15) is 40.5 Å². The second-order valence-corrected chi connectivity index (χ2v) is 5.30. The van der Waals surface area contributed by atoms with Crippen molar-refractivity contribution in [3.8, 4) is 0 Å². The number of nitrogens with two attached hydrogens (primary N) is 1. The van der Waals surface area contributed by atoms with E-state index in [2.05, 4.69) is 5.32 Å². The van der Waals surface area contributed by atoms with Crippen LogP contribution in [-0.4, -0.2) is 31.6 Å². The first kappa shape index (κ1) is 16.9. The maximum absolute atomic E-state index is 12.1. The number of nitrogens with one attached hydrogen (secondary N) is 1. The van der Waals surface area contributed by atoms with Gasteiger partial charge in [-0.05, 0) is 25.7 Å². The highest BCUT2D eigenvalue weighted by molar-refractivity contribution is 5.87. The second kappa shape index (κ2) is 7.36. The molecule has 0 heterocycles. The first-order valence-electron chi connectivity index (χ1n) is 6.39. The Kier molecular flexibility index (Phi) is 6.91. The molecule has 0 aliphatic heterocycles. The summed E-state index contributed by atoms with van der Waals surface area (Å²) in [6.45, 7) is 7.94. The van der Waals surface area contributed by atoms with Crippen LogP contribution < -0.4 is 11.1 Å². The molecule has 0 spiro atoms. The standard InChI is InChI=1S/C13H26N2O3/c1-6-13(4,8-14)12(17)15-10(7-9(2)3)11(16)18-5/h9-10H,6-8,14H2,1-5H3,(H,15,17)/t10-,13?/m0/s1. The Balaban J connectivity index is 4.77. The molecule has 0 aromatic rings. The van der Waals surface area contributed by atoms with Gasteiger partial charge in [0.1, 0.15) is 6.04 Å². The summed E-state index contributed by atoms with van der Waals surface area (Å²) in [4.78, 5) is 23.8. The van der Waals surface area contributed by atoms with Gasteiger partial charge in [-0.25, -0.2) is 4.79 Å². The Morgan fingerprint density at radius 2 is 1.94 bits per heavy atom. The van der Waals surface area contributed by atoms with Gasteiger partial charge in [-0.2, -0.15) is 0 Å². The highest BCUT2D eigenvalue weighted by Crippen LogP contribution is 2.20. The molecule has 2 atom stereocenters. The molecular formula is C13H26N2O3. The van der Waals surface area contributed by atoms with E-state index >= 15 is 0 Å². The number of ether oxygens (including phenoxy) is 1. The average molecular weight is 258 g/mol. The van der Waals surface area contributed by atoms with Crippen LogP contribution in [0.5, 0.6) is 0 Å². The largest absolute Gasteiger partial charge is 0.467 e. The van der Waals surface area contributed by atoms with Gasteiger partial charge in [0, 0.05) is 6.54 Å². The quantitative estimate of drug-likeness (QED) is 0.669. The Bertz CT molecular complexity index is 286. The molecule has 0 radical (unpaired) electrons. The molecule has 1 amide bonds. The number of amides is 1. The minimum Gasteiger partial charge on any atom is -0.467 e. The lowest BCUT2D eigenvalue weighted by molar-refractivity contribution is -0.147. The summed E-state index contributed by atoms with van der Waals surface area (Å²) in [5, 5.41) is 2.75. The molecule has 3 N–H and O–H groups in total. The fourth-order valence-corrected chi connectivity index (χ4v) is 1.56. The van der Waals surface area contributed by atoms with E-state index in [0.29, 0.717) is 18.8 Å². The molecule has 0 fully saturated rings. The van der Waals surface area contributed by atoms with E-state index in [1.807, 2.05) is 20.8 Å². The molecule has 1 unspecified atom stereocenters. The lowest BCUT2D eigenvalue weighted by Gasteiger charge is -2.28. The van der Waals surface area contributed by atoms with Crippen molar-refractivity contribution >= 4 is 11.9 Å². The minimum atomic E-state index is -0.636. The normalized spacial score (nSPS) is 15.9. The molecule has 0 aliphatic carbocycles. The van der Waals surface area contributed by atoms with Gasteiger partial charge in [-0.1, -0.05) is 20.8 Å². The first-order valence-corrected chi connectivity index (χ1v) is 6.39. The van der Waals surface area contributed by atoms with E-state index in [-0.39, 0.29) is 12.5 Å². The highest BCUT2D eigenvalue weighted by Gasteiger charge is 2.33. The van der Waals surface area contributed by atoms with E-state index in [0.717, 1.165) is 0 Å². The zero-order chi connectivity index (χ0) is 14.3. The molecular weight excluding hydrogens is 232 g/mol. The van der Waals surface area contributed by atoms with E-state index < -0.39 is 17.4 Å². The SMILES string of the molecule is CCC(C)(CN)C(=O)N[C@@H](CC(C)C)C(=O)OC. The maximum atomic E-state index is 12.1. The molecule has 0 aromatic carbocycles. The Morgan fingerprint density at radius 1 is 1.39 bits per heavy atom. The molecule has 5 heteroatoms. The van der Waals surface area contributed by atoms with Gasteiger partial charge in [0.15, 0.2) is 0 Å². The summed E-state index contributed by atoms with van der Waals surface area (Å²) in [7, 11) is 1.32. The number of methoxy groups -OCH3 is 1. The molecule has 0 rings (SSSR count). The summed E-state index contributed by atoms with van der Waals surface area (Å²) in [6.07, 6.45) is 1.19. The summed E-state index contributed by atoms with van der Waals surface area (Å²) < 4.78 is 4.71. The van der Waals surface area contributed by atoms with Crippen LogP contribution >= 0.6 is 0 Å². The van der Waals surface area contributed by atoms with Crippen LogP contribution in [0.25, 0.3) is 0 Å². The predicted molar refractivity (Wildman–Crippen MR) is 70.9 cm³/mol. The van der Waals surface area contributed by atoms with Crippen LogP contribution in [-0.2, 0) is 14.3 Å². The number of rotatable bonds is 7. The third-order valence-electron chi connectivity index (χ3n) is 3.28. The van der Waals surface area contributed by atoms with Gasteiger partial charge < -0.3 is 15.8 Å². The summed E-state index contributed by atoms with van der Waals surface area (Å²) in [5.74, 6) is -0.309. The first-order chi connectivity index (χ1) is 8.30. The molecule has 0 aliphatic rings. The minimum absolute atomic E-state index is 0.191. The van der Waals surface area contributed by atoms with Crippen LogP contribution in [0, 0.1) is 11.3 Å². The maximum Gasteiger partial charge on any atom is 0.328 e. The lowest BCUT2D eigenvalue weighted by atomic mass is 9.86. The Morgan fingerprint density at radius 3 is 2.28 bits per heavy atom. The molecule has 106 valence electrons. The monoisotopic (exact) mass is 258 g/mol. The van der Waals surface area contributed by atoms with E-state index in [4.69, 9.17) is 10.5 Å². The third-order valence-corrected chi connectivity index (χ3v) is 3.28. The lowest BCUT2D eigenvalue weighted by Crippen LogP contribution is -2.50. The van der Waals surface area contributed by atoms with Crippen molar-refractivity contribution in [2.45, 2.75) is 46.6 Å². The van der Waals surface area contributed by atoms with Crippen molar-refractivity contribution in [3.63, 3.8) is 0 Å². The van der Waals surface area contributed by atoms with Crippen molar-refractivity contribution in [1.82, 2.24) is 5.32 Å². The predicted octanol–water partition coefficient (Wildman–Crippen LogP) is 1.07. The van der Waals surface area contributed by atoms with Gasteiger partial charge in [-0.15, -0.1) is 0 Å². The van der Waals surface area contributed by atoms with Gasteiger partial charge in [0.05, 0.1) is 12.5 Å². The fraction of sp³-hybridized carbons (Fsp3) is 0.846. The second-order valence-electron chi connectivity index (χ2n) is 5.30. The molecule has 0 saturated carbocycles. The highest BCUT2D eigenvalue weighted by atomic mass is 16.5. The summed E-state index contributed by atoms with van der Waals surface area (Å²) >= 11 is 0. The van der Waals surface area contributed by atoms with Crippen LogP contribution in [0.3, 0.4) is 0 Å². The van der Waals surface area contributed by atoms with Crippen LogP contribution in [0.15, 0.2) is 0 Å². The van der Waals surface area contributed by atoms with Crippen molar-refractivity contribution in [3.05, 3.63) is 0 Å². The van der Waals surface area contributed by atoms with Gasteiger partial charge in [0.2, 0.25) is 5.91 Å². The molecule has 0 saturated heterocycles. The Labute approximate surface area is 109 Å². The van der Waals surface area contributed by atoms with E-state index in [9.17, 15) is 9.59 Å². The molecule has 18 heavy (non-hydrogen) atoms. The van der Waals surface area contributed by atoms with E-state index in [1.165, 1.54) is 7.11 Å². The topological polar surface area (TPSA) is 81.4 Å². The zero-order valence-electron chi connectivity index (χ0n) is 12.1.